The van der Waals surface area contributed by atoms with Crippen LogP contribution in [-0.4, -0.2) is 41.7 Å². The zero-order chi connectivity index (χ0) is 22.8. The lowest BCUT2D eigenvalue weighted by molar-refractivity contribution is 0.180. The highest BCUT2D eigenvalue weighted by atomic mass is 16.5. The monoisotopic (exact) mass is 427 g/mol. The second kappa shape index (κ2) is 8.40. The largest absolute Gasteiger partial charge is 0.468 e. The molecule has 0 atom stereocenters. The second-order valence-corrected chi connectivity index (χ2v) is 7.16. The van der Waals surface area contributed by atoms with Gasteiger partial charge in [-0.1, -0.05) is 24.3 Å². The van der Waals surface area contributed by atoms with E-state index in [1.807, 2.05) is 37.3 Å². The predicted octanol–water partition coefficient (Wildman–Crippen LogP) is 4.45. The molecule has 160 valence electrons. The Morgan fingerprint density at radius 3 is 2.50 bits per heavy atom. The van der Waals surface area contributed by atoms with E-state index in [-0.39, 0.29) is 0 Å². The third-order valence-electron chi connectivity index (χ3n) is 5.29. The van der Waals surface area contributed by atoms with Crippen LogP contribution in [0.2, 0.25) is 0 Å². The third-order valence-corrected chi connectivity index (χ3v) is 5.29. The van der Waals surface area contributed by atoms with Crippen molar-refractivity contribution >= 4 is 17.4 Å². The summed E-state index contributed by atoms with van der Waals surface area (Å²) in [5.74, 6) is 0. The Labute approximate surface area is 185 Å². The molecule has 0 radical (unpaired) electrons. The molecule has 8 nitrogen and oxygen atoms in total. The van der Waals surface area contributed by atoms with Crippen LogP contribution >= 0.6 is 0 Å². The highest BCUT2D eigenvalue weighted by Crippen LogP contribution is 2.38. The predicted molar refractivity (Wildman–Crippen MR) is 121 cm³/mol. The van der Waals surface area contributed by atoms with Gasteiger partial charge in [0.1, 0.15) is 0 Å². The Hall–Kier alpha value is -4.38. The molecule has 4 rings (SSSR count). The highest BCUT2D eigenvalue weighted by Gasteiger charge is 2.21. The Morgan fingerprint density at radius 1 is 1.12 bits per heavy atom. The number of carbonyl (C=O) groups is 1. The van der Waals surface area contributed by atoms with Crippen molar-refractivity contribution in [3.8, 4) is 34.5 Å². The van der Waals surface area contributed by atoms with E-state index in [1.165, 1.54) is 12.0 Å². The number of benzene rings is 2. The molecular formula is C24H21N5O3. The van der Waals surface area contributed by atoms with E-state index in [1.54, 1.807) is 43.1 Å². The average Bonchev–Trinajstić information content (AvgIpc) is 3.32. The Morgan fingerprint density at radius 2 is 1.84 bits per heavy atom. The summed E-state index contributed by atoms with van der Waals surface area (Å²) in [6.07, 6.45) is 3.00. The Bertz CT molecular complexity index is 1350. The van der Waals surface area contributed by atoms with Crippen LogP contribution in [0, 0.1) is 18.3 Å². The maximum absolute atomic E-state index is 12.1. The molecular weight excluding hydrogens is 406 g/mol. The number of hydrogen-bond acceptors (Lipinski definition) is 6. The lowest BCUT2D eigenvalue weighted by atomic mass is 9.97. The summed E-state index contributed by atoms with van der Waals surface area (Å²) in [6.45, 7) is 1.93. The summed E-state index contributed by atoms with van der Waals surface area (Å²) in [7, 11) is 4.57. The van der Waals surface area contributed by atoms with Crippen molar-refractivity contribution in [1.29, 1.82) is 5.26 Å². The molecule has 0 saturated heterocycles. The van der Waals surface area contributed by atoms with Crippen molar-refractivity contribution in [3.63, 3.8) is 0 Å². The first-order valence-electron chi connectivity index (χ1n) is 9.82. The lowest BCUT2D eigenvalue weighted by Crippen LogP contribution is -2.26. The first-order chi connectivity index (χ1) is 15.5. The lowest BCUT2D eigenvalue weighted by Gasteiger charge is -2.20. The van der Waals surface area contributed by atoms with Crippen molar-refractivity contribution in [2.45, 2.75) is 6.92 Å². The van der Waals surface area contributed by atoms with Gasteiger partial charge < -0.3 is 9.47 Å². The molecule has 0 bridgehead atoms. The van der Waals surface area contributed by atoms with Gasteiger partial charge in [-0.05, 0) is 36.2 Å². The van der Waals surface area contributed by atoms with E-state index < -0.39 is 6.09 Å². The summed E-state index contributed by atoms with van der Waals surface area (Å²) in [6, 6.07) is 15.5. The van der Waals surface area contributed by atoms with Gasteiger partial charge in [0.05, 0.1) is 42.8 Å². The fraction of sp³-hybridized carbons (Fsp3) is 0.167. The number of aromatic nitrogens is 3. The molecule has 2 heterocycles. The molecule has 0 aliphatic heterocycles. The number of hydrogen-bond donors (Lipinski definition) is 0. The number of nitriles is 1. The summed E-state index contributed by atoms with van der Waals surface area (Å²) in [4.78, 5) is 22.9. The zero-order valence-corrected chi connectivity index (χ0v) is 18.2. The summed E-state index contributed by atoms with van der Waals surface area (Å²) in [5, 5.41) is 9.16. The van der Waals surface area contributed by atoms with Crippen LogP contribution in [0.1, 0.15) is 11.1 Å². The quantitative estimate of drug-likeness (QED) is 0.478. The van der Waals surface area contributed by atoms with Crippen LogP contribution in [0.3, 0.4) is 0 Å². The third kappa shape index (κ3) is 3.50. The number of imidazole rings is 1. The van der Waals surface area contributed by atoms with E-state index in [4.69, 9.17) is 19.7 Å². The summed E-state index contributed by atoms with van der Waals surface area (Å²) < 4.78 is 12.2. The smallest absolute Gasteiger partial charge is 0.413 e. The molecule has 32 heavy (non-hydrogen) atoms. The van der Waals surface area contributed by atoms with Crippen LogP contribution in [-0.2, 0) is 4.74 Å². The number of rotatable bonds is 4. The van der Waals surface area contributed by atoms with Crippen LogP contribution in [0.5, 0.6) is 6.01 Å². The number of ether oxygens (including phenoxy) is 2. The van der Waals surface area contributed by atoms with Gasteiger partial charge in [0.25, 0.3) is 0 Å². The van der Waals surface area contributed by atoms with Crippen LogP contribution in [0.25, 0.3) is 28.0 Å². The number of fused-ring (bicyclic) bond motifs is 1. The van der Waals surface area contributed by atoms with Crippen molar-refractivity contribution in [3.05, 3.63) is 66.0 Å². The normalized spacial score (nSPS) is 10.6. The van der Waals surface area contributed by atoms with Gasteiger partial charge in [0.15, 0.2) is 5.65 Å². The number of methoxy groups -OCH3 is 2. The van der Waals surface area contributed by atoms with Crippen molar-refractivity contribution in [2.24, 2.45) is 0 Å². The Balaban J connectivity index is 2.01. The number of amides is 1. The molecule has 4 aromatic rings. The SMILES string of the molecule is COC(=O)N(C)c1cc(-c2c(-c3ccc(C#N)cc3)nc(OC)n3ccnc23)ccc1C. The number of nitrogens with zero attached hydrogens (tertiary/aromatic N) is 5. The average molecular weight is 427 g/mol. The molecule has 0 aliphatic carbocycles. The molecule has 0 saturated carbocycles. The van der Waals surface area contributed by atoms with Gasteiger partial charge in [0, 0.05) is 25.0 Å². The molecule has 0 fully saturated rings. The van der Waals surface area contributed by atoms with Gasteiger partial charge in [-0.3, -0.25) is 9.30 Å². The van der Waals surface area contributed by atoms with Gasteiger partial charge in [-0.15, -0.1) is 0 Å². The Kier molecular flexibility index (Phi) is 5.48. The number of aryl methyl sites for hydroxylation is 1. The minimum atomic E-state index is -0.462. The van der Waals surface area contributed by atoms with E-state index in [2.05, 4.69) is 11.1 Å². The first-order valence-corrected chi connectivity index (χ1v) is 9.82. The van der Waals surface area contributed by atoms with E-state index in [0.29, 0.717) is 28.6 Å². The second-order valence-electron chi connectivity index (χ2n) is 7.16. The van der Waals surface area contributed by atoms with E-state index in [0.717, 1.165) is 22.3 Å². The van der Waals surface area contributed by atoms with Gasteiger partial charge in [-0.2, -0.15) is 10.2 Å². The zero-order valence-electron chi connectivity index (χ0n) is 18.2. The van der Waals surface area contributed by atoms with Gasteiger partial charge in [0.2, 0.25) is 0 Å². The van der Waals surface area contributed by atoms with Crippen molar-refractivity contribution in [1.82, 2.24) is 14.4 Å². The standard InChI is InChI=1S/C24H21N5O3/c1-15-5-8-18(13-19(15)28(2)24(30)32-4)20-21(17-9-6-16(14-25)7-10-17)27-23(31-3)29-12-11-26-22(20)29/h5-13H,1-4H3. The summed E-state index contributed by atoms with van der Waals surface area (Å²) >= 11 is 0. The molecule has 0 N–H and O–H groups in total. The number of carbonyl (C=O) groups excluding carboxylic acids is 1. The molecule has 8 heteroatoms. The summed E-state index contributed by atoms with van der Waals surface area (Å²) in [5.41, 5.74) is 5.91. The molecule has 0 aliphatic rings. The molecule has 1 amide bonds. The minimum absolute atomic E-state index is 0.389. The maximum atomic E-state index is 12.1. The highest BCUT2D eigenvalue weighted by molar-refractivity contribution is 5.94. The molecule has 0 unspecified atom stereocenters. The van der Waals surface area contributed by atoms with Gasteiger partial charge >= 0.3 is 12.1 Å². The maximum Gasteiger partial charge on any atom is 0.413 e. The van der Waals surface area contributed by atoms with Crippen LogP contribution < -0.4 is 9.64 Å². The fourth-order valence-corrected chi connectivity index (χ4v) is 3.64. The van der Waals surface area contributed by atoms with Crippen LogP contribution in [0.4, 0.5) is 10.5 Å². The molecule has 2 aromatic heterocycles. The first kappa shape index (κ1) is 20.9. The molecule has 2 aromatic carbocycles. The minimum Gasteiger partial charge on any atom is -0.468 e. The van der Waals surface area contributed by atoms with E-state index in [9.17, 15) is 4.79 Å². The van der Waals surface area contributed by atoms with Gasteiger partial charge in [-0.25, -0.2) is 9.78 Å². The number of anilines is 1. The van der Waals surface area contributed by atoms with Crippen LogP contribution in [0.15, 0.2) is 54.9 Å². The van der Waals surface area contributed by atoms with Crippen molar-refractivity contribution < 1.29 is 14.3 Å². The molecule has 0 spiro atoms. The topological polar surface area (TPSA) is 92.8 Å². The fourth-order valence-electron chi connectivity index (χ4n) is 3.64. The van der Waals surface area contributed by atoms with E-state index >= 15 is 0 Å². The van der Waals surface area contributed by atoms with Crippen molar-refractivity contribution in [2.75, 3.05) is 26.2 Å².